The molecule has 6 rings (SSSR count). The minimum Gasteiger partial charge on any atom is -0.493 e. The number of allylic oxidation sites excluding steroid dienone is 1. The van der Waals surface area contributed by atoms with E-state index in [1.165, 1.54) is 0 Å². The molecule has 230 valence electrons. The summed E-state index contributed by atoms with van der Waals surface area (Å²) in [6.07, 6.45) is 1.62. The molecule has 1 aliphatic carbocycles. The summed E-state index contributed by atoms with van der Waals surface area (Å²) in [6.45, 7) is 4.10. The Morgan fingerprint density at radius 2 is 1.58 bits per heavy atom. The van der Waals surface area contributed by atoms with Crippen LogP contribution >= 0.6 is 0 Å². The first-order valence-corrected chi connectivity index (χ1v) is 15.4. The van der Waals surface area contributed by atoms with E-state index in [4.69, 9.17) is 14.2 Å². The molecule has 1 amide bonds. The van der Waals surface area contributed by atoms with Crippen molar-refractivity contribution >= 4 is 23.1 Å². The van der Waals surface area contributed by atoms with Crippen molar-refractivity contribution in [2.75, 3.05) is 24.4 Å². The summed E-state index contributed by atoms with van der Waals surface area (Å²) < 4.78 is 17.5. The molecule has 0 unspecified atom stereocenters. The first kappa shape index (κ1) is 30.0. The van der Waals surface area contributed by atoms with Crippen molar-refractivity contribution < 1.29 is 23.8 Å². The fraction of sp³-hybridized carbons (Fsp3) is 0.263. The number of ether oxygens (including phenoxy) is 3. The molecule has 0 aromatic heterocycles. The van der Waals surface area contributed by atoms with Crippen LogP contribution in [0, 0.1) is 0 Å². The highest BCUT2D eigenvalue weighted by molar-refractivity contribution is 6.12. The lowest BCUT2D eigenvalue weighted by Crippen LogP contribution is -2.38. The van der Waals surface area contributed by atoms with Crippen LogP contribution in [0.1, 0.15) is 66.6 Å². The van der Waals surface area contributed by atoms with Crippen molar-refractivity contribution in [3.63, 3.8) is 0 Å². The van der Waals surface area contributed by atoms with Crippen LogP contribution in [0.4, 0.5) is 11.4 Å². The second-order valence-corrected chi connectivity index (χ2v) is 11.5. The van der Waals surface area contributed by atoms with E-state index in [-0.39, 0.29) is 30.1 Å². The molecule has 1 aliphatic heterocycles. The molecule has 1 N–H and O–H groups in total. The van der Waals surface area contributed by atoms with Gasteiger partial charge in [0.2, 0.25) is 0 Å². The number of carbonyl (C=O) groups is 2. The zero-order chi connectivity index (χ0) is 31.5. The summed E-state index contributed by atoms with van der Waals surface area (Å²) in [6, 6.07) is 29.8. The topological polar surface area (TPSA) is 77.1 Å². The number of methoxy groups -OCH3 is 2. The number of anilines is 2. The van der Waals surface area contributed by atoms with E-state index in [1.54, 1.807) is 19.1 Å². The molecule has 0 saturated heterocycles. The first-order valence-electron chi connectivity index (χ1n) is 15.4. The Kier molecular flexibility index (Phi) is 8.60. The van der Waals surface area contributed by atoms with Gasteiger partial charge in [0.25, 0.3) is 5.91 Å². The Morgan fingerprint density at radius 1 is 0.867 bits per heavy atom. The molecule has 0 bridgehead atoms. The maximum atomic E-state index is 14.6. The standard InChI is InChI=1S/C38H38N2O5/c1-5-24(2)45-33-18-12-9-15-28(33)37-36-30(21-27(22-32(36)41)26-19-20-34(43-3)35(23-26)44-4)39-29-16-10-11-17-31(29)40(37)38(42)25-13-7-6-8-14-25/h6-20,23-24,27,37,39H,5,21-22H2,1-4H3/t24-,27-,37-/m0/s1. The molecule has 4 aromatic carbocycles. The minimum absolute atomic E-state index is 0.0226. The maximum Gasteiger partial charge on any atom is 0.259 e. The minimum atomic E-state index is -0.719. The molecule has 1 heterocycles. The van der Waals surface area contributed by atoms with Gasteiger partial charge in [0.1, 0.15) is 5.75 Å². The van der Waals surface area contributed by atoms with Crippen molar-refractivity contribution in [3.05, 3.63) is 125 Å². The van der Waals surface area contributed by atoms with E-state index in [9.17, 15) is 9.59 Å². The van der Waals surface area contributed by atoms with Gasteiger partial charge in [-0.3, -0.25) is 14.5 Å². The lowest BCUT2D eigenvalue weighted by molar-refractivity contribution is -0.116. The molecular weight excluding hydrogens is 564 g/mol. The van der Waals surface area contributed by atoms with E-state index in [0.717, 1.165) is 28.9 Å². The van der Waals surface area contributed by atoms with Gasteiger partial charge in [-0.2, -0.15) is 0 Å². The lowest BCUT2D eigenvalue weighted by atomic mass is 9.78. The van der Waals surface area contributed by atoms with Gasteiger partial charge in [0.05, 0.1) is 37.7 Å². The second-order valence-electron chi connectivity index (χ2n) is 11.5. The van der Waals surface area contributed by atoms with E-state index >= 15 is 0 Å². The van der Waals surface area contributed by atoms with Gasteiger partial charge in [0.15, 0.2) is 17.3 Å². The summed E-state index contributed by atoms with van der Waals surface area (Å²) in [5.74, 6) is 1.60. The van der Waals surface area contributed by atoms with E-state index < -0.39 is 6.04 Å². The van der Waals surface area contributed by atoms with Gasteiger partial charge < -0.3 is 19.5 Å². The Labute approximate surface area is 264 Å². The number of nitrogens with zero attached hydrogens (tertiary/aromatic N) is 1. The molecule has 3 atom stereocenters. The molecule has 4 aromatic rings. The van der Waals surface area contributed by atoms with Crippen LogP contribution < -0.4 is 24.4 Å². The Balaban J connectivity index is 1.56. The van der Waals surface area contributed by atoms with Crippen molar-refractivity contribution in [2.24, 2.45) is 0 Å². The number of hydrogen-bond donors (Lipinski definition) is 1. The Bertz CT molecular complexity index is 1750. The lowest BCUT2D eigenvalue weighted by Gasteiger charge is -2.36. The maximum absolute atomic E-state index is 14.6. The number of amides is 1. The molecule has 0 spiro atoms. The average Bonchev–Trinajstić information content (AvgIpc) is 3.22. The monoisotopic (exact) mass is 602 g/mol. The highest BCUT2D eigenvalue weighted by atomic mass is 16.5. The van der Waals surface area contributed by atoms with Gasteiger partial charge >= 0.3 is 0 Å². The number of rotatable bonds is 8. The summed E-state index contributed by atoms with van der Waals surface area (Å²) in [4.78, 5) is 30.9. The average molecular weight is 603 g/mol. The fourth-order valence-corrected chi connectivity index (χ4v) is 6.28. The molecular formula is C38H38N2O5. The third kappa shape index (κ3) is 5.78. The van der Waals surface area contributed by atoms with Crippen LogP contribution in [-0.2, 0) is 4.79 Å². The molecule has 0 saturated carbocycles. The molecule has 7 nitrogen and oxygen atoms in total. The molecule has 0 fully saturated rings. The predicted molar refractivity (Wildman–Crippen MR) is 176 cm³/mol. The van der Waals surface area contributed by atoms with Gasteiger partial charge in [0, 0.05) is 28.8 Å². The number of ketones is 1. The number of carbonyl (C=O) groups excluding carboxylic acids is 2. The Hall–Kier alpha value is -5.04. The van der Waals surface area contributed by atoms with Crippen LogP contribution in [-0.4, -0.2) is 32.0 Å². The largest absolute Gasteiger partial charge is 0.493 e. The number of Topliss-reactive ketones (excluding diaryl/α,β-unsaturated/α-hetero) is 1. The Morgan fingerprint density at radius 3 is 2.33 bits per heavy atom. The van der Waals surface area contributed by atoms with Crippen molar-refractivity contribution in [1.82, 2.24) is 0 Å². The normalized spacial score (nSPS) is 18.2. The van der Waals surface area contributed by atoms with E-state index in [0.29, 0.717) is 40.5 Å². The number of para-hydroxylation sites is 3. The molecule has 7 heteroatoms. The van der Waals surface area contributed by atoms with Gasteiger partial charge in [-0.1, -0.05) is 61.5 Å². The molecule has 2 aliphatic rings. The highest BCUT2D eigenvalue weighted by Gasteiger charge is 2.43. The van der Waals surface area contributed by atoms with Crippen LogP contribution in [0.15, 0.2) is 108 Å². The second kappa shape index (κ2) is 12.9. The number of hydrogen-bond acceptors (Lipinski definition) is 6. The number of benzene rings is 4. The zero-order valence-electron chi connectivity index (χ0n) is 26.1. The SMILES string of the molecule is CC[C@H](C)Oc1ccccc1[C@H]1C2=C(C[C@H](c3ccc(OC)c(OC)c3)CC2=O)Nc2ccccc2N1C(=O)c1ccccc1. The van der Waals surface area contributed by atoms with Gasteiger partial charge in [-0.15, -0.1) is 0 Å². The van der Waals surface area contributed by atoms with Crippen molar-refractivity contribution in [1.29, 1.82) is 0 Å². The first-order chi connectivity index (χ1) is 21.9. The molecule has 0 radical (unpaired) electrons. The summed E-state index contributed by atoms with van der Waals surface area (Å²) in [7, 11) is 3.22. The smallest absolute Gasteiger partial charge is 0.259 e. The van der Waals surface area contributed by atoms with Gasteiger partial charge in [-0.25, -0.2) is 0 Å². The van der Waals surface area contributed by atoms with E-state index in [2.05, 4.69) is 12.2 Å². The zero-order valence-corrected chi connectivity index (χ0v) is 26.1. The summed E-state index contributed by atoms with van der Waals surface area (Å²) >= 11 is 0. The van der Waals surface area contributed by atoms with Crippen LogP contribution in [0.5, 0.6) is 17.2 Å². The quantitative estimate of drug-likeness (QED) is 0.220. The summed E-state index contributed by atoms with van der Waals surface area (Å²) in [5, 5.41) is 3.62. The van der Waals surface area contributed by atoms with E-state index in [1.807, 2.05) is 104 Å². The number of fused-ring (bicyclic) bond motifs is 1. The number of nitrogens with one attached hydrogen (secondary N) is 1. The summed E-state index contributed by atoms with van der Waals surface area (Å²) in [5.41, 5.74) is 5.12. The van der Waals surface area contributed by atoms with Crippen LogP contribution in [0.2, 0.25) is 0 Å². The molecule has 45 heavy (non-hydrogen) atoms. The van der Waals surface area contributed by atoms with Crippen molar-refractivity contribution in [2.45, 2.75) is 51.2 Å². The predicted octanol–water partition coefficient (Wildman–Crippen LogP) is 8.10. The van der Waals surface area contributed by atoms with Crippen molar-refractivity contribution in [3.8, 4) is 17.2 Å². The van der Waals surface area contributed by atoms with Crippen LogP contribution in [0.3, 0.4) is 0 Å². The fourth-order valence-electron chi connectivity index (χ4n) is 6.28. The third-order valence-corrected chi connectivity index (χ3v) is 8.72. The van der Waals surface area contributed by atoms with Gasteiger partial charge in [-0.05, 0) is 73.7 Å². The third-order valence-electron chi connectivity index (χ3n) is 8.72. The van der Waals surface area contributed by atoms with Crippen LogP contribution in [0.25, 0.3) is 0 Å². The highest BCUT2D eigenvalue weighted by Crippen LogP contribution is 2.50.